The van der Waals surface area contributed by atoms with Gasteiger partial charge in [0.15, 0.2) is 0 Å². The number of rotatable bonds is 5. The van der Waals surface area contributed by atoms with Crippen molar-refractivity contribution in [2.24, 2.45) is 0 Å². The number of aryl methyl sites for hydroxylation is 1. The molecule has 1 N–H and O–H groups in total. The maximum atomic E-state index is 12.1. The first-order valence-electron chi connectivity index (χ1n) is 7.32. The number of nitrogens with one attached hydrogen (secondary N) is 1. The third-order valence-corrected chi connectivity index (χ3v) is 4.68. The van der Waals surface area contributed by atoms with Crippen LogP contribution in [0.4, 0.5) is 13.2 Å². The standard InChI is InChI=1S/C17H13BrF3NO4S/c1-11-10-13(18)4-7-15(11)16(23)22-27(24,25)9-8-12-2-5-14(6-3-12)26-17(19,20)21/h2-10H,1H3,(H,22,23). The predicted molar refractivity (Wildman–Crippen MR) is 97.4 cm³/mol. The Kier molecular flexibility index (Phi) is 6.32. The number of ether oxygens (including phenoxy) is 1. The van der Waals surface area contributed by atoms with Gasteiger partial charge in [0.25, 0.3) is 15.9 Å². The predicted octanol–water partition coefficient (Wildman–Crippen LogP) is 4.39. The van der Waals surface area contributed by atoms with Gasteiger partial charge in [-0.15, -0.1) is 13.2 Å². The highest BCUT2D eigenvalue weighted by atomic mass is 79.9. The third kappa shape index (κ3) is 6.72. The number of carbonyl (C=O) groups excluding carboxylic acids is 1. The molecule has 2 aromatic carbocycles. The smallest absolute Gasteiger partial charge is 0.406 e. The molecular weight excluding hydrogens is 451 g/mol. The Morgan fingerprint density at radius 2 is 1.78 bits per heavy atom. The maximum Gasteiger partial charge on any atom is 0.573 e. The van der Waals surface area contributed by atoms with E-state index >= 15 is 0 Å². The molecule has 0 fully saturated rings. The Balaban J connectivity index is 2.08. The Morgan fingerprint density at radius 1 is 1.15 bits per heavy atom. The van der Waals surface area contributed by atoms with Crippen molar-refractivity contribution >= 4 is 37.9 Å². The molecule has 0 aliphatic carbocycles. The number of hydrogen-bond acceptors (Lipinski definition) is 4. The van der Waals surface area contributed by atoms with Crippen LogP contribution in [0.25, 0.3) is 6.08 Å². The van der Waals surface area contributed by atoms with Gasteiger partial charge in [-0.25, -0.2) is 13.1 Å². The molecule has 2 rings (SSSR count). The highest BCUT2D eigenvalue weighted by Crippen LogP contribution is 2.23. The number of alkyl halides is 3. The molecule has 0 heterocycles. The van der Waals surface area contributed by atoms with Gasteiger partial charge < -0.3 is 4.74 Å². The summed E-state index contributed by atoms with van der Waals surface area (Å²) >= 11 is 3.25. The minimum absolute atomic E-state index is 0.198. The van der Waals surface area contributed by atoms with Crippen molar-refractivity contribution in [1.29, 1.82) is 0 Å². The molecule has 0 aromatic heterocycles. The average Bonchev–Trinajstić information content (AvgIpc) is 2.52. The molecule has 0 bridgehead atoms. The molecule has 2 aromatic rings. The summed E-state index contributed by atoms with van der Waals surface area (Å²) in [5.41, 5.74) is 1.09. The van der Waals surface area contributed by atoms with E-state index in [0.29, 0.717) is 11.1 Å². The topological polar surface area (TPSA) is 72.5 Å². The van der Waals surface area contributed by atoms with Crippen LogP contribution in [0.2, 0.25) is 0 Å². The summed E-state index contributed by atoms with van der Waals surface area (Å²) in [6.07, 6.45) is -3.67. The fourth-order valence-electron chi connectivity index (χ4n) is 2.05. The van der Waals surface area contributed by atoms with Crippen LogP contribution < -0.4 is 9.46 Å². The summed E-state index contributed by atoms with van der Waals surface area (Å²) in [6.45, 7) is 1.66. The van der Waals surface area contributed by atoms with Crippen molar-refractivity contribution in [3.8, 4) is 5.75 Å². The molecule has 0 unspecified atom stereocenters. The number of benzene rings is 2. The Bertz CT molecular complexity index is 971. The van der Waals surface area contributed by atoms with Gasteiger partial charge >= 0.3 is 6.36 Å². The van der Waals surface area contributed by atoms with E-state index in [0.717, 1.165) is 28.1 Å². The molecule has 144 valence electrons. The van der Waals surface area contributed by atoms with Crippen molar-refractivity contribution in [1.82, 2.24) is 4.72 Å². The lowest BCUT2D eigenvalue weighted by molar-refractivity contribution is -0.274. The zero-order valence-corrected chi connectivity index (χ0v) is 16.2. The van der Waals surface area contributed by atoms with Crippen molar-refractivity contribution < 1.29 is 31.1 Å². The van der Waals surface area contributed by atoms with Crippen LogP contribution in [0.15, 0.2) is 52.3 Å². The molecule has 1 amide bonds. The quantitative estimate of drug-likeness (QED) is 0.713. The zero-order valence-electron chi connectivity index (χ0n) is 13.7. The van der Waals surface area contributed by atoms with E-state index in [1.54, 1.807) is 19.1 Å². The van der Waals surface area contributed by atoms with Crippen molar-refractivity contribution in [3.63, 3.8) is 0 Å². The minimum Gasteiger partial charge on any atom is -0.406 e. The summed E-state index contributed by atoms with van der Waals surface area (Å²) in [5.74, 6) is -1.22. The van der Waals surface area contributed by atoms with Crippen molar-refractivity contribution in [3.05, 3.63) is 69.0 Å². The zero-order chi connectivity index (χ0) is 20.2. The average molecular weight is 464 g/mol. The van der Waals surface area contributed by atoms with Gasteiger partial charge in [-0.2, -0.15) is 0 Å². The number of hydrogen-bond donors (Lipinski definition) is 1. The van der Waals surface area contributed by atoms with Gasteiger partial charge in [0.1, 0.15) is 5.75 Å². The van der Waals surface area contributed by atoms with E-state index < -0.39 is 28.0 Å². The van der Waals surface area contributed by atoms with E-state index in [2.05, 4.69) is 20.7 Å². The molecular formula is C17H13BrF3NO4S. The van der Waals surface area contributed by atoms with Crippen molar-refractivity contribution in [2.45, 2.75) is 13.3 Å². The molecule has 0 radical (unpaired) electrons. The van der Waals surface area contributed by atoms with Crippen molar-refractivity contribution in [2.75, 3.05) is 0 Å². The second kappa shape index (κ2) is 8.13. The summed E-state index contributed by atoms with van der Waals surface area (Å²) in [7, 11) is -4.10. The lowest BCUT2D eigenvalue weighted by Gasteiger charge is -2.08. The van der Waals surface area contributed by atoms with E-state index in [9.17, 15) is 26.4 Å². The summed E-state index contributed by atoms with van der Waals surface area (Å²) in [6, 6.07) is 9.33. The molecule has 0 saturated carbocycles. The Hall–Kier alpha value is -2.33. The second-order valence-corrected chi connectivity index (χ2v) is 7.84. The van der Waals surface area contributed by atoms with Gasteiger partial charge in [-0.05, 0) is 54.5 Å². The maximum absolute atomic E-state index is 12.1. The summed E-state index contributed by atoms with van der Waals surface area (Å²) in [4.78, 5) is 12.1. The molecule has 27 heavy (non-hydrogen) atoms. The Morgan fingerprint density at radius 3 is 2.33 bits per heavy atom. The molecule has 0 spiro atoms. The molecule has 10 heteroatoms. The highest BCUT2D eigenvalue weighted by Gasteiger charge is 2.30. The fraction of sp³-hybridized carbons (Fsp3) is 0.118. The van der Waals surface area contributed by atoms with E-state index in [1.165, 1.54) is 18.2 Å². The summed E-state index contributed by atoms with van der Waals surface area (Å²) in [5, 5.41) is 0.749. The first kappa shape index (κ1) is 21.0. The second-order valence-electron chi connectivity index (χ2n) is 5.36. The Labute approximate surface area is 162 Å². The van der Waals surface area contributed by atoms with Crippen LogP contribution in [-0.4, -0.2) is 20.7 Å². The SMILES string of the molecule is Cc1cc(Br)ccc1C(=O)NS(=O)(=O)C=Cc1ccc(OC(F)(F)F)cc1. The number of halogens is 4. The van der Waals surface area contributed by atoms with Crippen LogP contribution in [-0.2, 0) is 10.0 Å². The normalized spacial score (nSPS) is 12.2. The van der Waals surface area contributed by atoms with E-state index in [-0.39, 0.29) is 5.56 Å². The fourth-order valence-corrected chi connectivity index (χ4v) is 3.30. The van der Waals surface area contributed by atoms with Crippen LogP contribution in [0.3, 0.4) is 0 Å². The highest BCUT2D eigenvalue weighted by molar-refractivity contribution is 9.10. The number of carbonyl (C=O) groups is 1. The lowest BCUT2D eigenvalue weighted by Crippen LogP contribution is -2.29. The van der Waals surface area contributed by atoms with Gasteiger partial charge in [-0.3, -0.25) is 4.79 Å². The number of amides is 1. The van der Waals surface area contributed by atoms with E-state index in [4.69, 9.17) is 0 Å². The van der Waals surface area contributed by atoms with Crippen LogP contribution >= 0.6 is 15.9 Å². The van der Waals surface area contributed by atoms with Gasteiger partial charge in [0.05, 0.1) is 5.41 Å². The molecule has 0 aliphatic rings. The van der Waals surface area contributed by atoms with Crippen LogP contribution in [0.1, 0.15) is 21.5 Å². The number of sulfonamides is 1. The largest absolute Gasteiger partial charge is 0.573 e. The molecule has 5 nitrogen and oxygen atoms in total. The monoisotopic (exact) mass is 463 g/mol. The van der Waals surface area contributed by atoms with Crippen LogP contribution in [0, 0.1) is 6.92 Å². The minimum atomic E-state index is -4.81. The molecule has 0 saturated heterocycles. The molecule has 0 aliphatic heterocycles. The van der Waals surface area contributed by atoms with Crippen LogP contribution in [0.5, 0.6) is 5.75 Å². The lowest BCUT2D eigenvalue weighted by atomic mass is 10.1. The van der Waals surface area contributed by atoms with Gasteiger partial charge in [0.2, 0.25) is 0 Å². The summed E-state index contributed by atoms with van der Waals surface area (Å²) < 4.78 is 66.7. The first-order chi connectivity index (χ1) is 12.5. The third-order valence-electron chi connectivity index (χ3n) is 3.22. The van der Waals surface area contributed by atoms with E-state index in [1.807, 2.05) is 4.72 Å². The van der Waals surface area contributed by atoms with Gasteiger partial charge in [-0.1, -0.05) is 28.1 Å². The van der Waals surface area contributed by atoms with Gasteiger partial charge in [0, 0.05) is 10.0 Å². The molecule has 0 atom stereocenters. The first-order valence-corrected chi connectivity index (χ1v) is 9.66.